The van der Waals surface area contributed by atoms with E-state index in [2.05, 4.69) is 15.6 Å². The van der Waals surface area contributed by atoms with E-state index in [0.29, 0.717) is 17.3 Å². The molecule has 0 fully saturated rings. The highest BCUT2D eigenvalue weighted by Gasteiger charge is 2.24. The predicted molar refractivity (Wildman–Crippen MR) is 134 cm³/mol. The molecule has 2 heterocycles. The zero-order valence-corrected chi connectivity index (χ0v) is 21.0. The maximum Gasteiger partial charge on any atom is 0.253 e. The number of benzene rings is 1. The second-order valence-corrected chi connectivity index (χ2v) is 11.8. The zero-order chi connectivity index (χ0) is 24.0. The Hall–Kier alpha value is -2.63. The molecule has 176 valence electrons. The van der Waals surface area contributed by atoms with Crippen LogP contribution in [0.4, 0.5) is 5.13 Å². The average molecular weight is 507 g/mol. The Morgan fingerprint density at radius 3 is 2.58 bits per heavy atom. The van der Waals surface area contributed by atoms with Crippen molar-refractivity contribution in [2.45, 2.75) is 31.6 Å². The highest BCUT2D eigenvalue weighted by atomic mass is 32.2. The molecular formula is C22H26N4O4S3. The molecule has 1 aromatic carbocycles. The van der Waals surface area contributed by atoms with Crippen LogP contribution in [0.25, 0.3) is 11.3 Å². The van der Waals surface area contributed by atoms with Gasteiger partial charge in [-0.05, 0) is 38.3 Å². The number of aromatic nitrogens is 2. The van der Waals surface area contributed by atoms with Gasteiger partial charge in [0.25, 0.3) is 5.91 Å². The lowest BCUT2D eigenvalue weighted by Gasteiger charge is -2.17. The molecule has 0 spiro atoms. The van der Waals surface area contributed by atoms with E-state index < -0.39 is 27.2 Å². The molecular weight excluding hydrogens is 480 g/mol. The largest absolute Gasteiger partial charge is 0.340 e. The number of hydrogen-bond acceptors (Lipinski definition) is 7. The first-order chi connectivity index (χ1) is 15.7. The molecule has 0 bridgehead atoms. The first-order valence-electron chi connectivity index (χ1n) is 10.3. The number of hydrogen-bond donors (Lipinski definition) is 2. The minimum atomic E-state index is -3.56. The monoisotopic (exact) mass is 506 g/mol. The van der Waals surface area contributed by atoms with Crippen molar-refractivity contribution >= 4 is 50.1 Å². The molecule has 0 aliphatic carbocycles. The molecule has 0 saturated heterocycles. The molecule has 3 aromatic rings. The van der Waals surface area contributed by atoms with Crippen molar-refractivity contribution in [3.63, 3.8) is 0 Å². The molecule has 0 saturated carbocycles. The van der Waals surface area contributed by atoms with Crippen LogP contribution in [0.1, 0.15) is 30.6 Å². The second-order valence-electron chi connectivity index (χ2n) is 7.52. The Labute approximate surface area is 201 Å². The number of thioether (sulfide) groups is 1. The number of carbonyl (C=O) groups excluding carboxylic acids is 2. The van der Waals surface area contributed by atoms with Gasteiger partial charge in [0, 0.05) is 23.3 Å². The van der Waals surface area contributed by atoms with Gasteiger partial charge in [0.05, 0.1) is 16.5 Å². The van der Waals surface area contributed by atoms with Gasteiger partial charge in [0.2, 0.25) is 15.9 Å². The van der Waals surface area contributed by atoms with Crippen LogP contribution in [0, 0.1) is 0 Å². The number of amides is 2. The Morgan fingerprint density at radius 1 is 1.18 bits per heavy atom. The van der Waals surface area contributed by atoms with Crippen molar-refractivity contribution in [3.8, 4) is 11.3 Å². The Kier molecular flexibility index (Phi) is 8.33. The van der Waals surface area contributed by atoms with Gasteiger partial charge in [-0.2, -0.15) is 11.8 Å². The van der Waals surface area contributed by atoms with Crippen LogP contribution < -0.4 is 10.6 Å². The number of carbonyl (C=O) groups is 2. The summed E-state index contributed by atoms with van der Waals surface area (Å²) in [6.45, 7) is 3.14. The van der Waals surface area contributed by atoms with Crippen LogP contribution in [0.15, 0.2) is 54.2 Å². The summed E-state index contributed by atoms with van der Waals surface area (Å²) < 4.78 is 25.6. The van der Waals surface area contributed by atoms with Crippen LogP contribution >= 0.6 is 23.1 Å². The number of nitrogens with one attached hydrogen (secondary N) is 2. The van der Waals surface area contributed by atoms with Crippen LogP contribution in [-0.4, -0.2) is 52.5 Å². The highest BCUT2D eigenvalue weighted by Crippen LogP contribution is 2.24. The molecule has 0 radical (unpaired) electrons. The first kappa shape index (κ1) is 25.0. The number of anilines is 1. The summed E-state index contributed by atoms with van der Waals surface area (Å²) in [5, 5.41) is 7.19. The standard InChI is InChI=1S/C22H26N4O4S3/c1-15(2)33(29,30)26-11-9-17(13-26)20(27)23-18(10-12-31-3)21(28)25-22-24-19(14-32-22)16-7-5-4-6-8-16/h4-9,11,13-15,18H,10,12H2,1-3H3,(H,23,27)(H,24,25,28). The molecule has 33 heavy (non-hydrogen) atoms. The molecule has 2 N–H and O–H groups in total. The summed E-state index contributed by atoms with van der Waals surface area (Å²) in [5.41, 5.74) is 1.87. The van der Waals surface area contributed by atoms with Crippen molar-refractivity contribution in [1.29, 1.82) is 0 Å². The van der Waals surface area contributed by atoms with Gasteiger partial charge < -0.3 is 10.6 Å². The van der Waals surface area contributed by atoms with Gasteiger partial charge >= 0.3 is 0 Å². The van der Waals surface area contributed by atoms with E-state index in [-0.39, 0.29) is 11.5 Å². The third kappa shape index (κ3) is 6.24. The molecule has 2 amide bonds. The zero-order valence-electron chi connectivity index (χ0n) is 18.5. The number of nitrogens with zero attached hydrogens (tertiary/aromatic N) is 2. The van der Waals surface area contributed by atoms with Crippen LogP contribution in [0.3, 0.4) is 0 Å². The van der Waals surface area contributed by atoms with Gasteiger partial charge in [-0.1, -0.05) is 30.3 Å². The van der Waals surface area contributed by atoms with Crippen molar-refractivity contribution in [2.75, 3.05) is 17.3 Å². The molecule has 3 rings (SSSR count). The first-order valence-corrected chi connectivity index (χ1v) is 14.0. The summed E-state index contributed by atoms with van der Waals surface area (Å²) in [6, 6.07) is 10.3. The normalized spacial score (nSPS) is 12.5. The topological polar surface area (TPSA) is 110 Å². The van der Waals surface area contributed by atoms with Gasteiger partial charge in [-0.25, -0.2) is 13.4 Å². The number of rotatable bonds is 10. The molecule has 11 heteroatoms. The highest BCUT2D eigenvalue weighted by molar-refractivity contribution is 7.98. The Morgan fingerprint density at radius 2 is 1.91 bits per heavy atom. The lowest BCUT2D eigenvalue weighted by Crippen LogP contribution is -2.44. The van der Waals surface area contributed by atoms with Gasteiger partial charge in [-0.15, -0.1) is 11.3 Å². The van der Waals surface area contributed by atoms with Gasteiger partial charge in [-0.3, -0.25) is 13.6 Å². The summed E-state index contributed by atoms with van der Waals surface area (Å²) in [4.78, 5) is 30.1. The summed E-state index contributed by atoms with van der Waals surface area (Å²) in [6.07, 6.45) is 4.93. The number of thiazole rings is 1. The molecule has 1 unspecified atom stereocenters. The van der Waals surface area contributed by atoms with E-state index in [1.54, 1.807) is 25.6 Å². The maximum absolute atomic E-state index is 12.9. The Balaban J connectivity index is 1.71. The van der Waals surface area contributed by atoms with Crippen molar-refractivity contribution in [3.05, 3.63) is 59.7 Å². The van der Waals surface area contributed by atoms with Gasteiger partial charge in [0.1, 0.15) is 6.04 Å². The molecule has 0 aliphatic heterocycles. The predicted octanol–water partition coefficient (Wildman–Crippen LogP) is 3.69. The molecule has 8 nitrogen and oxygen atoms in total. The van der Waals surface area contributed by atoms with Crippen molar-refractivity contribution in [1.82, 2.24) is 14.3 Å². The second kappa shape index (κ2) is 11.0. The molecule has 0 aliphatic rings. The van der Waals surface area contributed by atoms with E-state index in [0.717, 1.165) is 15.2 Å². The molecule has 2 aromatic heterocycles. The van der Waals surface area contributed by atoms with E-state index >= 15 is 0 Å². The van der Waals surface area contributed by atoms with Crippen LogP contribution in [-0.2, 0) is 14.8 Å². The Bertz CT molecular complexity index is 1200. The fraction of sp³-hybridized carbons (Fsp3) is 0.318. The van der Waals surface area contributed by atoms with Crippen LogP contribution in [0.2, 0.25) is 0 Å². The van der Waals surface area contributed by atoms with E-state index in [4.69, 9.17) is 0 Å². The van der Waals surface area contributed by atoms with E-state index in [1.165, 1.54) is 29.8 Å². The fourth-order valence-corrected chi connectivity index (χ4v) is 5.10. The van der Waals surface area contributed by atoms with E-state index in [9.17, 15) is 18.0 Å². The minimum Gasteiger partial charge on any atom is -0.340 e. The van der Waals surface area contributed by atoms with E-state index in [1.807, 2.05) is 42.0 Å². The van der Waals surface area contributed by atoms with Crippen LogP contribution in [0.5, 0.6) is 0 Å². The molecule has 1 atom stereocenters. The summed E-state index contributed by atoms with van der Waals surface area (Å²) in [5.74, 6) is -0.229. The minimum absolute atomic E-state index is 0.168. The smallest absolute Gasteiger partial charge is 0.253 e. The maximum atomic E-state index is 12.9. The fourth-order valence-electron chi connectivity index (χ4n) is 2.92. The quantitative estimate of drug-likeness (QED) is 0.434. The van der Waals surface area contributed by atoms with Gasteiger partial charge in [0.15, 0.2) is 5.13 Å². The average Bonchev–Trinajstić information content (AvgIpc) is 3.47. The van der Waals surface area contributed by atoms with Crippen molar-refractivity contribution < 1.29 is 18.0 Å². The summed E-state index contributed by atoms with van der Waals surface area (Å²) >= 11 is 2.87. The third-order valence-corrected chi connectivity index (χ3v) is 8.26. The van der Waals surface area contributed by atoms with Crippen molar-refractivity contribution in [2.24, 2.45) is 0 Å². The summed E-state index contributed by atoms with van der Waals surface area (Å²) in [7, 11) is -3.56. The third-order valence-electron chi connectivity index (χ3n) is 4.86. The lowest BCUT2D eigenvalue weighted by atomic mass is 10.2. The SMILES string of the molecule is CSCCC(NC(=O)c1ccn(S(=O)(=O)C(C)C)c1)C(=O)Nc1nc(-c2ccccc2)cs1. The lowest BCUT2D eigenvalue weighted by molar-refractivity contribution is -0.118.